The van der Waals surface area contributed by atoms with E-state index < -0.39 is 6.60 Å². The Hall–Kier alpha value is -0.610. The number of allylic oxidation sites excluding steroid dienone is 8. The van der Waals surface area contributed by atoms with Gasteiger partial charge in [0.15, 0.2) is 0 Å². The molecule has 0 heterocycles. The van der Waals surface area contributed by atoms with Crippen molar-refractivity contribution in [2.75, 3.05) is 6.66 Å². The van der Waals surface area contributed by atoms with E-state index in [1.807, 2.05) is 21.3 Å². The van der Waals surface area contributed by atoms with Crippen LogP contribution in [0.2, 0.25) is 0 Å². The summed E-state index contributed by atoms with van der Waals surface area (Å²) in [5.74, 6) is 0. The second-order valence-corrected chi connectivity index (χ2v) is 23.2. The van der Waals surface area contributed by atoms with Crippen molar-refractivity contribution in [3.05, 3.63) is 45.6 Å². The van der Waals surface area contributed by atoms with Crippen molar-refractivity contribution in [1.29, 1.82) is 0 Å². The van der Waals surface area contributed by atoms with Gasteiger partial charge >= 0.3 is 316 Å². The molecule has 0 fully saturated rings. The monoisotopic (exact) mass is 707 g/mol. The summed E-state index contributed by atoms with van der Waals surface area (Å²) < 4.78 is 0. The van der Waals surface area contributed by atoms with Crippen LogP contribution in [0, 0.1) is 0 Å². The van der Waals surface area contributed by atoms with E-state index in [-0.39, 0.29) is 0 Å². The molecule has 4 aliphatic rings. The molecule has 0 aromatic rings. The summed E-state index contributed by atoms with van der Waals surface area (Å²) in [5, 5.41) is 8.02. The maximum absolute atomic E-state index is 3.05. The number of rotatable bonds is 4. The Kier molecular flexibility index (Phi) is 21.4. The molecule has 0 saturated heterocycles. The molecule has 0 atom stereocenters. The Morgan fingerprint density at radius 3 is 0.600 bits per heavy atom. The zero-order valence-electron chi connectivity index (χ0n) is 34.0. The van der Waals surface area contributed by atoms with E-state index in [1.165, 1.54) is 257 Å². The Bertz CT molecular complexity index is 858. The van der Waals surface area contributed by atoms with E-state index in [0.29, 0.717) is 0 Å². The first-order chi connectivity index (χ1) is 24.7. The Balaban J connectivity index is 1.97. The number of hydrogen-bond acceptors (Lipinski definition) is 0. The van der Waals surface area contributed by atoms with Gasteiger partial charge < -0.3 is 0 Å². The van der Waals surface area contributed by atoms with Gasteiger partial charge in [0.1, 0.15) is 0 Å². The van der Waals surface area contributed by atoms with Gasteiger partial charge in [-0.05, 0) is 0 Å². The normalized spacial score (nSPS) is 25.4. The average Bonchev–Trinajstić information content (AvgIpc) is 3.09. The van der Waals surface area contributed by atoms with Crippen molar-refractivity contribution in [2.45, 2.75) is 257 Å². The van der Waals surface area contributed by atoms with E-state index in [4.69, 9.17) is 0 Å². The molecule has 0 aliphatic heterocycles. The van der Waals surface area contributed by atoms with Crippen LogP contribution in [0.25, 0.3) is 0 Å². The summed E-state index contributed by atoms with van der Waals surface area (Å²) in [4.78, 5) is 0. The van der Waals surface area contributed by atoms with Gasteiger partial charge in [0.05, 0.1) is 0 Å². The second-order valence-electron chi connectivity index (χ2n) is 17.8. The summed E-state index contributed by atoms with van der Waals surface area (Å²) in [5.41, 5.74) is 0. The molecule has 288 valence electrons. The fourth-order valence-corrected chi connectivity index (χ4v) is 18.1. The third-order valence-electron chi connectivity index (χ3n) is 13.9. The van der Waals surface area contributed by atoms with Crippen LogP contribution in [0.3, 0.4) is 0 Å². The standard InChI is InChI=1S/C49H87P/c1-50(46-38-30-22-14-6-2-7-15-23-31-39-46,47-40-32-24-16-8-3-9-17-25-33-41-47,48-42-34-26-18-10-4-11-19-27-35-43-48)49-44-36-28-20-12-5-13-21-29-37-45-49/h38,40,42,44H,2-37,39,41,43,45H2,1H3. The zero-order chi connectivity index (χ0) is 34.9. The summed E-state index contributed by atoms with van der Waals surface area (Å²) in [6.07, 6.45) is 69.0. The third kappa shape index (κ3) is 13.4. The second kappa shape index (κ2) is 25.4. The summed E-state index contributed by atoms with van der Waals surface area (Å²) >= 11 is 0. The Morgan fingerprint density at radius 2 is 0.400 bits per heavy atom. The van der Waals surface area contributed by atoms with Crippen LogP contribution < -0.4 is 0 Å². The SMILES string of the molecule is CP(C1=CCCCCCCCCCC1)(C1=CCCCCCCCCCC1)(C1=CCCCCCCCCCC1)C1=CCCCCCCCCCC1. The summed E-state index contributed by atoms with van der Waals surface area (Å²) in [7, 11) is 0. The molecule has 0 saturated carbocycles. The molecule has 0 nitrogen and oxygen atoms in total. The molecule has 0 N–H and O–H groups in total. The first-order valence-corrected chi connectivity index (χ1v) is 26.2. The molecule has 4 aliphatic carbocycles. The number of hydrogen-bond donors (Lipinski definition) is 0. The molecule has 1 heteroatoms. The molecule has 0 aromatic carbocycles. The quantitative estimate of drug-likeness (QED) is 0.255. The summed E-state index contributed by atoms with van der Waals surface area (Å²) in [6.45, 7) is 0.268. The molecule has 4 rings (SSSR count). The topological polar surface area (TPSA) is 0 Å². The zero-order valence-corrected chi connectivity index (χ0v) is 34.9. The molecule has 0 bridgehead atoms. The molecule has 0 unspecified atom stereocenters. The Morgan fingerprint density at radius 1 is 0.240 bits per heavy atom. The van der Waals surface area contributed by atoms with E-state index >= 15 is 0 Å². The van der Waals surface area contributed by atoms with Crippen LogP contribution in [0.15, 0.2) is 45.6 Å². The van der Waals surface area contributed by atoms with Gasteiger partial charge in [-0.2, -0.15) is 0 Å². The van der Waals surface area contributed by atoms with Crippen LogP contribution in [-0.2, 0) is 0 Å². The van der Waals surface area contributed by atoms with E-state index in [1.54, 1.807) is 0 Å². The predicted molar refractivity (Wildman–Crippen MR) is 230 cm³/mol. The van der Waals surface area contributed by atoms with Crippen LogP contribution in [0.1, 0.15) is 257 Å². The van der Waals surface area contributed by atoms with Gasteiger partial charge in [-0.3, -0.25) is 0 Å². The first kappa shape index (κ1) is 42.1. The van der Waals surface area contributed by atoms with Crippen molar-refractivity contribution in [2.24, 2.45) is 0 Å². The van der Waals surface area contributed by atoms with Crippen molar-refractivity contribution in [3.8, 4) is 0 Å². The molecule has 0 aromatic heterocycles. The van der Waals surface area contributed by atoms with Gasteiger partial charge in [-0.25, -0.2) is 0 Å². The van der Waals surface area contributed by atoms with Crippen molar-refractivity contribution in [1.82, 2.24) is 0 Å². The van der Waals surface area contributed by atoms with Gasteiger partial charge in [0, 0.05) is 0 Å². The molecule has 50 heavy (non-hydrogen) atoms. The molecule has 0 spiro atoms. The minimum absolute atomic E-state index is 1.33. The van der Waals surface area contributed by atoms with Crippen LogP contribution in [0.4, 0.5) is 0 Å². The van der Waals surface area contributed by atoms with Crippen LogP contribution in [0.5, 0.6) is 0 Å². The van der Waals surface area contributed by atoms with Crippen LogP contribution >= 0.6 is 6.60 Å². The fraction of sp³-hybridized carbons (Fsp3) is 0.837. The summed E-state index contributed by atoms with van der Waals surface area (Å²) in [6, 6.07) is 0. The van der Waals surface area contributed by atoms with E-state index in [0.717, 1.165) is 0 Å². The van der Waals surface area contributed by atoms with Gasteiger partial charge in [-0.15, -0.1) is 0 Å². The van der Waals surface area contributed by atoms with Crippen LogP contribution in [-0.4, -0.2) is 6.66 Å². The molecular formula is C49H87P. The van der Waals surface area contributed by atoms with Crippen molar-refractivity contribution < 1.29 is 0 Å². The predicted octanol–water partition coefficient (Wildman–Crippen LogP) is 18.4. The average molecular weight is 707 g/mol. The fourth-order valence-electron chi connectivity index (χ4n) is 10.7. The van der Waals surface area contributed by atoms with E-state index in [9.17, 15) is 0 Å². The first-order valence-electron chi connectivity index (χ1n) is 23.5. The molecule has 0 amide bonds. The van der Waals surface area contributed by atoms with E-state index in [2.05, 4.69) is 31.0 Å². The van der Waals surface area contributed by atoms with Gasteiger partial charge in [-0.1, -0.05) is 0 Å². The molecular weight excluding hydrogens is 620 g/mol. The maximum atomic E-state index is 3.05. The Labute approximate surface area is 314 Å². The third-order valence-corrected chi connectivity index (χ3v) is 21.3. The van der Waals surface area contributed by atoms with Gasteiger partial charge in [0.2, 0.25) is 0 Å². The van der Waals surface area contributed by atoms with Gasteiger partial charge in [0.25, 0.3) is 0 Å². The minimum atomic E-state index is -2.78. The molecule has 0 radical (unpaired) electrons. The van der Waals surface area contributed by atoms with Crippen molar-refractivity contribution in [3.63, 3.8) is 0 Å². The van der Waals surface area contributed by atoms with Crippen molar-refractivity contribution >= 4 is 6.60 Å².